The first-order chi connectivity index (χ1) is 10.5. The van der Waals surface area contributed by atoms with Gasteiger partial charge < -0.3 is 5.32 Å². The third kappa shape index (κ3) is 2.94. The first kappa shape index (κ1) is 15.6. The first-order valence-corrected chi connectivity index (χ1v) is 9.28. The summed E-state index contributed by atoms with van der Waals surface area (Å²) in [6, 6.07) is 9.19. The molecule has 1 aromatic carbocycles. The lowest BCUT2D eigenvalue weighted by Gasteiger charge is -2.35. The van der Waals surface area contributed by atoms with Crippen LogP contribution in [-0.4, -0.2) is 32.4 Å². The topological polar surface area (TPSA) is 49.4 Å². The average Bonchev–Trinajstić information content (AvgIpc) is 2.95. The zero-order valence-corrected chi connectivity index (χ0v) is 13.8. The van der Waals surface area contributed by atoms with Crippen LogP contribution in [0.1, 0.15) is 16.5 Å². The quantitative estimate of drug-likeness (QED) is 0.934. The predicted octanol–water partition coefficient (Wildman–Crippen LogP) is 2.53. The van der Waals surface area contributed by atoms with E-state index < -0.39 is 16.1 Å². The van der Waals surface area contributed by atoms with Crippen molar-refractivity contribution >= 4 is 21.4 Å². The molecule has 7 heteroatoms. The van der Waals surface area contributed by atoms with Gasteiger partial charge in [0.05, 0.1) is 6.04 Å². The van der Waals surface area contributed by atoms with Gasteiger partial charge in [-0.2, -0.15) is 4.31 Å². The summed E-state index contributed by atoms with van der Waals surface area (Å²) in [4.78, 5) is 0.955. The molecule has 0 aliphatic carbocycles. The highest BCUT2D eigenvalue weighted by Crippen LogP contribution is 2.32. The molecule has 0 amide bonds. The predicted molar refractivity (Wildman–Crippen MR) is 85.0 cm³/mol. The van der Waals surface area contributed by atoms with E-state index in [0.717, 1.165) is 4.88 Å². The Bertz CT molecular complexity index is 773. The number of hydrogen-bond donors (Lipinski definition) is 1. The third-order valence-corrected chi connectivity index (χ3v) is 7.08. The highest BCUT2D eigenvalue weighted by Gasteiger charge is 2.35. The number of aryl methyl sites for hydroxylation is 1. The lowest BCUT2D eigenvalue weighted by atomic mass is 10.1. The number of rotatable bonds is 3. The standard InChI is InChI=1S/C15H17FN2O2S2/c1-11-5-6-15(21-11)22(19,20)18-8-7-17-10-14(18)12-3-2-4-13(16)9-12/h2-6,9,14,17H,7-8,10H2,1H3. The summed E-state index contributed by atoms with van der Waals surface area (Å²) < 4.78 is 41.1. The van der Waals surface area contributed by atoms with Crippen LogP contribution in [0.25, 0.3) is 0 Å². The maximum atomic E-state index is 13.5. The van der Waals surface area contributed by atoms with Gasteiger partial charge in [0.25, 0.3) is 10.0 Å². The Morgan fingerprint density at radius 2 is 2.14 bits per heavy atom. The molecule has 1 fully saturated rings. The number of halogens is 1. The van der Waals surface area contributed by atoms with Gasteiger partial charge in [-0.15, -0.1) is 11.3 Å². The number of benzene rings is 1. The molecule has 1 aliphatic rings. The monoisotopic (exact) mass is 340 g/mol. The molecule has 1 atom stereocenters. The molecule has 1 N–H and O–H groups in total. The van der Waals surface area contributed by atoms with E-state index in [4.69, 9.17) is 0 Å². The SMILES string of the molecule is Cc1ccc(S(=O)(=O)N2CCNCC2c2cccc(F)c2)s1. The van der Waals surface area contributed by atoms with Crippen molar-refractivity contribution < 1.29 is 12.8 Å². The fourth-order valence-corrected chi connectivity index (χ4v) is 5.66. The molecule has 1 aliphatic heterocycles. The second-order valence-corrected chi connectivity index (χ2v) is 8.66. The molecule has 0 saturated carbocycles. The zero-order chi connectivity index (χ0) is 15.7. The summed E-state index contributed by atoms with van der Waals surface area (Å²) in [5.41, 5.74) is 0.670. The molecule has 118 valence electrons. The highest BCUT2D eigenvalue weighted by atomic mass is 32.2. The van der Waals surface area contributed by atoms with E-state index >= 15 is 0 Å². The van der Waals surface area contributed by atoms with Crippen molar-refractivity contribution in [3.63, 3.8) is 0 Å². The van der Waals surface area contributed by atoms with E-state index in [9.17, 15) is 12.8 Å². The van der Waals surface area contributed by atoms with Gasteiger partial charge >= 0.3 is 0 Å². The Kier molecular flexibility index (Phi) is 4.31. The lowest BCUT2D eigenvalue weighted by molar-refractivity contribution is 0.271. The van der Waals surface area contributed by atoms with E-state index in [-0.39, 0.29) is 5.82 Å². The van der Waals surface area contributed by atoms with Gasteiger partial charge in [0.15, 0.2) is 0 Å². The van der Waals surface area contributed by atoms with E-state index in [1.807, 2.05) is 6.92 Å². The van der Waals surface area contributed by atoms with E-state index in [2.05, 4.69) is 5.32 Å². The summed E-state index contributed by atoms with van der Waals surface area (Å²) in [7, 11) is -3.56. The summed E-state index contributed by atoms with van der Waals surface area (Å²) >= 11 is 1.26. The van der Waals surface area contributed by atoms with Gasteiger partial charge in [0, 0.05) is 24.5 Å². The fourth-order valence-electron chi connectivity index (χ4n) is 2.64. The normalized spacial score (nSPS) is 20.2. The minimum absolute atomic E-state index is 0.341. The van der Waals surface area contributed by atoms with E-state index in [1.54, 1.807) is 24.3 Å². The largest absolute Gasteiger partial charge is 0.313 e. The van der Waals surface area contributed by atoms with Crippen molar-refractivity contribution in [2.75, 3.05) is 19.6 Å². The summed E-state index contributed by atoms with van der Waals surface area (Å²) in [6.07, 6.45) is 0. The molecule has 22 heavy (non-hydrogen) atoms. The van der Waals surface area contributed by atoms with Crippen LogP contribution >= 0.6 is 11.3 Å². The van der Waals surface area contributed by atoms with Crippen LogP contribution in [-0.2, 0) is 10.0 Å². The minimum atomic E-state index is -3.56. The summed E-state index contributed by atoms with van der Waals surface area (Å²) in [6.45, 7) is 3.33. The van der Waals surface area contributed by atoms with Crippen molar-refractivity contribution in [2.24, 2.45) is 0 Å². The molecule has 1 saturated heterocycles. The van der Waals surface area contributed by atoms with Crippen LogP contribution in [0.2, 0.25) is 0 Å². The maximum Gasteiger partial charge on any atom is 0.253 e. The number of sulfonamides is 1. The molecular weight excluding hydrogens is 323 g/mol. The second-order valence-electron chi connectivity index (χ2n) is 5.26. The van der Waals surface area contributed by atoms with Crippen LogP contribution in [0.15, 0.2) is 40.6 Å². The van der Waals surface area contributed by atoms with Gasteiger partial charge in [0.1, 0.15) is 10.0 Å². The molecule has 2 heterocycles. The minimum Gasteiger partial charge on any atom is -0.313 e. The van der Waals surface area contributed by atoms with Crippen LogP contribution in [0.3, 0.4) is 0 Å². The van der Waals surface area contributed by atoms with Gasteiger partial charge in [-0.05, 0) is 36.8 Å². The molecular formula is C15H17FN2O2S2. The lowest BCUT2D eigenvalue weighted by Crippen LogP contribution is -2.48. The molecule has 1 unspecified atom stereocenters. The zero-order valence-electron chi connectivity index (χ0n) is 12.1. The number of thiophene rings is 1. The van der Waals surface area contributed by atoms with Crippen LogP contribution < -0.4 is 5.32 Å². The molecule has 1 aromatic heterocycles. The first-order valence-electron chi connectivity index (χ1n) is 7.03. The van der Waals surface area contributed by atoms with Crippen LogP contribution in [0.4, 0.5) is 4.39 Å². The van der Waals surface area contributed by atoms with E-state index in [1.165, 1.54) is 27.8 Å². The number of nitrogens with zero attached hydrogens (tertiary/aromatic N) is 1. The van der Waals surface area contributed by atoms with Crippen molar-refractivity contribution in [2.45, 2.75) is 17.2 Å². The second kappa shape index (κ2) is 6.08. The van der Waals surface area contributed by atoms with Crippen molar-refractivity contribution in [3.05, 3.63) is 52.7 Å². The van der Waals surface area contributed by atoms with E-state index in [0.29, 0.717) is 29.4 Å². The Morgan fingerprint density at radius 3 is 2.82 bits per heavy atom. The highest BCUT2D eigenvalue weighted by molar-refractivity contribution is 7.91. The Morgan fingerprint density at radius 1 is 1.32 bits per heavy atom. The molecule has 3 rings (SSSR count). The molecule has 4 nitrogen and oxygen atoms in total. The van der Waals surface area contributed by atoms with Crippen molar-refractivity contribution in [1.29, 1.82) is 0 Å². The Labute approximate surface area is 133 Å². The smallest absolute Gasteiger partial charge is 0.253 e. The number of hydrogen-bond acceptors (Lipinski definition) is 4. The summed E-state index contributed by atoms with van der Waals surface area (Å²) in [5.74, 6) is -0.354. The van der Waals surface area contributed by atoms with Crippen molar-refractivity contribution in [3.8, 4) is 0 Å². The third-order valence-electron chi connectivity index (χ3n) is 3.71. The summed E-state index contributed by atoms with van der Waals surface area (Å²) in [5, 5.41) is 3.19. The molecule has 0 radical (unpaired) electrons. The average molecular weight is 340 g/mol. The van der Waals surface area contributed by atoms with Crippen LogP contribution in [0.5, 0.6) is 0 Å². The van der Waals surface area contributed by atoms with Gasteiger partial charge in [0.2, 0.25) is 0 Å². The molecule has 0 bridgehead atoms. The Hall–Kier alpha value is -1.28. The van der Waals surface area contributed by atoms with Gasteiger partial charge in [-0.25, -0.2) is 12.8 Å². The maximum absolute atomic E-state index is 13.5. The van der Waals surface area contributed by atoms with Gasteiger partial charge in [-0.3, -0.25) is 0 Å². The number of piperazine rings is 1. The number of nitrogens with one attached hydrogen (secondary N) is 1. The Balaban J connectivity index is 1.99. The molecule has 2 aromatic rings. The van der Waals surface area contributed by atoms with Gasteiger partial charge in [-0.1, -0.05) is 12.1 Å². The molecule has 0 spiro atoms. The van der Waals surface area contributed by atoms with Crippen LogP contribution in [0, 0.1) is 12.7 Å². The van der Waals surface area contributed by atoms with Crippen molar-refractivity contribution in [1.82, 2.24) is 9.62 Å². The fraction of sp³-hybridized carbons (Fsp3) is 0.333.